The van der Waals surface area contributed by atoms with Gasteiger partial charge < -0.3 is 10.1 Å². The van der Waals surface area contributed by atoms with Crippen molar-refractivity contribution in [2.24, 2.45) is 0 Å². The monoisotopic (exact) mass is 242 g/mol. The van der Waals surface area contributed by atoms with Crippen LogP contribution in [0.1, 0.15) is 18.9 Å². The van der Waals surface area contributed by atoms with Crippen LogP contribution in [-0.4, -0.2) is 47.4 Å². The van der Waals surface area contributed by atoms with E-state index < -0.39 is 0 Å². The van der Waals surface area contributed by atoms with Gasteiger partial charge in [0.05, 0.1) is 19.3 Å². The molecule has 1 fully saturated rings. The highest BCUT2D eigenvalue weighted by atomic mass is 32.1. The molecule has 2 atom stereocenters. The van der Waals surface area contributed by atoms with E-state index in [9.17, 15) is 0 Å². The number of morpholine rings is 1. The lowest BCUT2D eigenvalue weighted by Crippen LogP contribution is -2.46. The molecule has 1 saturated heterocycles. The zero-order valence-electron chi connectivity index (χ0n) is 9.93. The van der Waals surface area contributed by atoms with Gasteiger partial charge in [0.2, 0.25) is 5.13 Å². The van der Waals surface area contributed by atoms with E-state index in [1.165, 1.54) is 0 Å². The molecule has 16 heavy (non-hydrogen) atoms. The van der Waals surface area contributed by atoms with E-state index in [1.54, 1.807) is 11.3 Å². The van der Waals surface area contributed by atoms with Crippen molar-refractivity contribution < 1.29 is 4.74 Å². The summed E-state index contributed by atoms with van der Waals surface area (Å²) in [6, 6.07) is 0.457. The van der Waals surface area contributed by atoms with Crippen LogP contribution < -0.4 is 5.32 Å². The van der Waals surface area contributed by atoms with Gasteiger partial charge in [0.1, 0.15) is 5.01 Å². The Morgan fingerprint density at radius 2 is 2.31 bits per heavy atom. The number of aromatic nitrogens is 2. The number of nitrogens with one attached hydrogen (secondary N) is 1. The minimum absolute atomic E-state index is 0.313. The smallest absolute Gasteiger partial charge is 0.205 e. The molecule has 1 aliphatic heterocycles. The van der Waals surface area contributed by atoms with Crippen molar-refractivity contribution in [3.05, 3.63) is 5.01 Å². The predicted molar refractivity (Wildman–Crippen MR) is 64.7 cm³/mol. The fourth-order valence-electron chi connectivity index (χ4n) is 1.78. The summed E-state index contributed by atoms with van der Waals surface area (Å²) in [5.74, 6) is 0. The van der Waals surface area contributed by atoms with Crippen LogP contribution in [0.4, 0.5) is 5.13 Å². The minimum Gasteiger partial charge on any atom is -0.376 e. The summed E-state index contributed by atoms with van der Waals surface area (Å²) in [7, 11) is 1.86. The Morgan fingerprint density at radius 3 is 3.00 bits per heavy atom. The van der Waals surface area contributed by atoms with Crippen molar-refractivity contribution in [2.75, 3.05) is 25.5 Å². The topological polar surface area (TPSA) is 50.3 Å². The molecule has 0 amide bonds. The quantitative estimate of drug-likeness (QED) is 0.863. The third-order valence-corrected chi connectivity index (χ3v) is 3.68. The van der Waals surface area contributed by atoms with Gasteiger partial charge in [-0.15, -0.1) is 10.2 Å². The molecule has 0 bridgehead atoms. The number of nitrogens with zero attached hydrogens (tertiary/aromatic N) is 3. The maximum Gasteiger partial charge on any atom is 0.205 e. The van der Waals surface area contributed by atoms with Gasteiger partial charge >= 0.3 is 0 Å². The second-order valence-corrected chi connectivity index (χ2v) is 5.24. The summed E-state index contributed by atoms with van der Waals surface area (Å²) in [5.41, 5.74) is 0. The molecule has 6 heteroatoms. The fraction of sp³-hybridized carbons (Fsp3) is 0.800. The van der Waals surface area contributed by atoms with Crippen molar-refractivity contribution in [3.8, 4) is 0 Å². The van der Waals surface area contributed by atoms with E-state index >= 15 is 0 Å². The molecular weight excluding hydrogens is 224 g/mol. The van der Waals surface area contributed by atoms with E-state index in [-0.39, 0.29) is 0 Å². The van der Waals surface area contributed by atoms with Crippen molar-refractivity contribution in [1.82, 2.24) is 15.1 Å². The molecule has 1 aromatic heterocycles. The maximum atomic E-state index is 5.60. The first-order chi connectivity index (χ1) is 7.69. The largest absolute Gasteiger partial charge is 0.376 e. The van der Waals surface area contributed by atoms with Crippen LogP contribution in [0.5, 0.6) is 0 Å². The number of hydrogen-bond donors (Lipinski definition) is 1. The van der Waals surface area contributed by atoms with Crippen molar-refractivity contribution >= 4 is 16.5 Å². The highest BCUT2D eigenvalue weighted by molar-refractivity contribution is 7.15. The summed E-state index contributed by atoms with van der Waals surface area (Å²) in [6.45, 7) is 6.94. The Hall–Kier alpha value is -0.720. The van der Waals surface area contributed by atoms with Crippen molar-refractivity contribution in [3.63, 3.8) is 0 Å². The number of anilines is 1. The summed E-state index contributed by atoms with van der Waals surface area (Å²) >= 11 is 1.61. The van der Waals surface area contributed by atoms with Crippen molar-refractivity contribution in [2.45, 2.75) is 32.5 Å². The standard InChI is InChI=1S/C10H18N4OS/c1-7-6-15-8(2)4-14(7)5-9-12-13-10(11-3)16-9/h7-8H,4-6H2,1-3H3,(H,11,13). The zero-order valence-corrected chi connectivity index (χ0v) is 10.8. The van der Waals surface area contributed by atoms with Crippen LogP contribution in [0.2, 0.25) is 0 Å². The summed E-state index contributed by atoms with van der Waals surface area (Å²) in [6.07, 6.45) is 0.313. The summed E-state index contributed by atoms with van der Waals surface area (Å²) in [4.78, 5) is 2.40. The van der Waals surface area contributed by atoms with E-state index in [0.29, 0.717) is 12.1 Å². The minimum atomic E-state index is 0.313. The van der Waals surface area contributed by atoms with Gasteiger partial charge in [0.25, 0.3) is 0 Å². The average molecular weight is 242 g/mol. The molecule has 0 spiro atoms. The molecule has 1 aliphatic rings. The first-order valence-corrected chi connectivity index (χ1v) is 6.36. The number of ether oxygens (including phenoxy) is 1. The second-order valence-electron chi connectivity index (χ2n) is 4.17. The third-order valence-electron chi connectivity index (χ3n) is 2.76. The lowest BCUT2D eigenvalue weighted by atomic mass is 10.2. The lowest BCUT2D eigenvalue weighted by Gasteiger charge is -2.36. The van der Waals surface area contributed by atoms with Gasteiger partial charge in [-0.3, -0.25) is 4.90 Å². The predicted octanol–water partition coefficient (Wildman–Crippen LogP) is 1.19. The van der Waals surface area contributed by atoms with E-state index in [4.69, 9.17) is 4.74 Å². The normalized spacial score (nSPS) is 26.9. The second kappa shape index (κ2) is 5.07. The highest BCUT2D eigenvalue weighted by Gasteiger charge is 2.24. The highest BCUT2D eigenvalue weighted by Crippen LogP contribution is 2.19. The molecule has 0 aliphatic carbocycles. The molecule has 1 N–H and O–H groups in total. The third kappa shape index (κ3) is 2.69. The molecule has 1 aromatic rings. The molecule has 0 saturated carbocycles. The van der Waals surface area contributed by atoms with E-state index in [2.05, 4.69) is 34.3 Å². The van der Waals surface area contributed by atoms with Crippen LogP contribution >= 0.6 is 11.3 Å². The Morgan fingerprint density at radius 1 is 1.50 bits per heavy atom. The zero-order chi connectivity index (χ0) is 11.5. The molecular formula is C10H18N4OS. The fourth-order valence-corrected chi connectivity index (χ4v) is 2.50. The Labute approximate surface area is 99.8 Å². The molecule has 5 nitrogen and oxygen atoms in total. The molecule has 90 valence electrons. The number of hydrogen-bond acceptors (Lipinski definition) is 6. The van der Waals surface area contributed by atoms with Crippen LogP contribution in [0.3, 0.4) is 0 Å². The molecule has 0 aromatic carbocycles. The summed E-state index contributed by atoms with van der Waals surface area (Å²) in [5, 5.41) is 13.2. The van der Waals surface area contributed by atoms with Crippen molar-refractivity contribution in [1.29, 1.82) is 0 Å². The van der Waals surface area contributed by atoms with E-state index in [1.807, 2.05) is 7.05 Å². The maximum absolute atomic E-state index is 5.60. The Balaban J connectivity index is 1.97. The van der Waals surface area contributed by atoms with Gasteiger partial charge in [-0.05, 0) is 13.8 Å². The van der Waals surface area contributed by atoms with Gasteiger partial charge in [0.15, 0.2) is 0 Å². The van der Waals surface area contributed by atoms with Gasteiger partial charge in [-0.2, -0.15) is 0 Å². The summed E-state index contributed by atoms with van der Waals surface area (Å²) < 4.78 is 5.60. The van der Waals surface area contributed by atoms with E-state index in [0.717, 1.165) is 29.8 Å². The van der Waals surface area contributed by atoms with Crippen LogP contribution in [0.15, 0.2) is 0 Å². The van der Waals surface area contributed by atoms with Gasteiger partial charge in [-0.25, -0.2) is 0 Å². The SMILES string of the molecule is CNc1nnc(CN2CC(C)OCC2C)s1. The Kier molecular flexibility index (Phi) is 3.73. The molecule has 2 heterocycles. The molecule has 2 unspecified atom stereocenters. The van der Waals surface area contributed by atoms with Gasteiger partial charge in [0, 0.05) is 19.6 Å². The number of rotatable bonds is 3. The van der Waals surface area contributed by atoms with Gasteiger partial charge in [-0.1, -0.05) is 11.3 Å². The lowest BCUT2D eigenvalue weighted by molar-refractivity contribution is -0.0527. The van der Waals surface area contributed by atoms with Crippen LogP contribution in [-0.2, 0) is 11.3 Å². The molecule has 0 radical (unpaired) electrons. The first kappa shape index (κ1) is 11.8. The van der Waals surface area contributed by atoms with Crippen LogP contribution in [0, 0.1) is 0 Å². The van der Waals surface area contributed by atoms with Crippen LogP contribution in [0.25, 0.3) is 0 Å². The molecule has 2 rings (SSSR count). The first-order valence-electron chi connectivity index (χ1n) is 5.55. The Bertz CT molecular complexity index is 343. The average Bonchev–Trinajstić information content (AvgIpc) is 2.71.